The van der Waals surface area contributed by atoms with Crippen molar-refractivity contribution < 1.29 is 20.9 Å². The zero-order chi connectivity index (χ0) is 25.9. The summed E-state index contributed by atoms with van der Waals surface area (Å²) in [5.41, 5.74) is 0. The minimum absolute atomic E-state index is 0.603. The first-order valence-corrected chi connectivity index (χ1v) is 16.4. The first-order valence-electron chi connectivity index (χ1n) is 13.2. The third-order valence-corrected chi connectivity index (χ3v) is 9.24. The average molecular weight is 508 g/mol. The van der Waals surface area contributed by atoms with Gasteiger partial charge < -0.3 is 0 Å². The van der Waals surface area contributed by atoms with Crippen molar-refractivity contribution in [3.05, 3.63) is 0 Å². The van der Waals surface area contributed by atoms with Crippen molar-refractivity contribution in [1.29, 1.82) is 0 Å². The molecule has 0 aromatic heterocycles. The summed E-state index contributed by atoms with van der Waals surface area (Å²) in [5.74, 6) is 1.79. The van der Waals surface area contributed by atoms with E-state index in [1.165, 1.54) is 0 Å². The van der Waals surface area contributed by atoms with Gasteiger partial charge in [-0.1, -0.05) is 55.4 Å². The summed E-state index contributed by atoms with van der Waals surface area (Å²) in [6, 6.07) is 0. The van der Waals surface area contributed by atoms with Crippen LogP contribution in [0.2, 0.25) is 0 Å². The van der Waals surface area contributed by atoms with Gasteiger partial charge in [0, 0.05) is 18.8 Å². The molecule has 0 aromatic rings. The molecule has 0 aliphatic carbocycles. The summed E-state index contributed by atoms with van der Waals surface area (Å²) in [5, 5.41) is 0. The maximum absolute atomic E-state index is 6.07. The predicted molar refractivity (Wildman–Crippen MR) is 149 cm³/mol. The molecule has 0 atom stereocenters. The Morgan fingerprint density at radius 1 is 0.656 bits per heavy atom. The van der Waals surface area contributed by atoms with Gasteiger partial charge in [-0.15, -0.1) is 10.8 Å². The molecule has 204 valence electrons. The molecule has 0 radical (unpaired) electrons. The lowest BCUT2D eigenvalue weighted by Crippen LogP contribution is -2.29. The molecule has 1 aliphatic rings. The second-order valence-electron chi connectivity index (χ2n) is 5.22. The van der Waals surface area contributed by atoms with Crippen LogP contribution in [0, 0.1) is 0 Å². The van der Waals surface area contributed by atoms with Gasteiger partial charge in [0.05, 0.1) is 49.7 Å². The minimum Gasteiger partial charge on any atom is -0.293 e. The second kappa shape index (κ2) is 29.5. The Kier molecular flexibility index (Phi) is 36.6. The van der Waals surface area contributed by atoms with Gasteiger partial charge in [0.25, 0.3) is 0 Å². The Bertz CT molecular complexity index is 316. The molecule has 6 nitrogen and oxygen atoms in total. The zero-order valence-electron chi connectivity index (χ0n) is 24.1. The standard InChI is InChI=1S/C16H37NO5S2.4C2H6/c1-6-18-23(19-7-2)15-11-13-17(23)14-12-16-24(20-8-3,21-9-4)22-10-5;4*1-2/h6-16H2,1-5H3;4*1-2H3. The third-order valence-electron chi connectivity index (χ3n) is 3.50. The van der Waals surface area contributed by atoms with Crippen LogP contribution in [0.15, 0.2) is 0 Å². The zero-order valence-corrected chi connectivity index (χ0v) is 25.7. The highest BCUT2D eigenvalue weighted by Gasteiger charge is 2.35. The van der Waals surface area contributed by atoms with E-state index in [4.69, 9.17) is 20.9 Å². The summed E-state index contributed by atoms with van der Waals surface area (Å²) in [6.45, 7) is 31.2. The summed E-state index contributed by atoms with van der Waals surface area (Å²) in [6.07, 6.45) is 2.08. The molecule has 1 heterocycles. The monoisotopic (exact) mass is 507 g/mol. The van der Waals surface area contributed by atoms with Crippen molar-refractivity contribution in [1.82, 2.24) is 4.31 Å². The molecular formula is C24H61NO5S2. The van der Waals surface area contributed by atoms with E-state index in [2.05, 4.69) is 4.31 Å². The van der Waals surface area contributed by atoms with Crippen LogP contribution >= 0.6 is 21.6 Å². The maximum Gasteiger partial charge on any atom is 0.0887 e. The van der Waals surface area contributed by atoms with Crippen LogP contribution in [0.25, 0.3) is 0 Å². The molecule has 0 saturated carbocycles. The fourth-order valence-corrected chi connectivity index (χ4v) is 7.87. The van der Waals surface area contributed by atoms with Gasteiger partial charge in [-0.2, -0.15) is 0 Å². The van der Waals surface area contributed by atoms with Gasteiger partial charge in [0.2, 0.25) is 0 Å². The fourth-order valence-electron chi connectivity index (χ4n) is 2.85. The maximum atomic E-state index is 6.07. The van der Waals surface area contributed by atoms with Gasteiger partial charge in [-0.25, -0.2) is 4.31 Å². The largest absolute Gasteiger partial charge is 0.293 e. The van der Waals surface area contributed by atoms with Crippen LogP contribution in [0.1, 0.15) is 103 Å². The Hall–Kier alpha value is 0.460. The van der Waals surface area contributed by atoms with Crippen LogP contribution in [0.5, 0.6) is 0 Å². The van der Waals surface area contributed by atoms with Crippen molar-refractivity contribution in [3.63, 3.8) is 0 Å². The molecule has 0 bridgehead atoms. The highest BCUT2D eigenvalue weighted by molar-refractivity contribution is 8.24. The molecule has 0 spiro atoms. The Morgan fingerprint density at radius 2 is 1.06 bits per heavy atom. The first-order chi connectivity index (χ1) is 15.6. The molecule has 1 rings (SSSR count). The average Bonchev–Trinajstić information content (AvgIpc) is 3.22. The summed E-state index contributed by atoms with van der Waals surface area (Å²) in [7, 11) is -3.44. The quantitative estimate of drug-likeness (QED) is 0.235. The van der Waals surface area contributed by atoms with E-state index in [1.54, 1.807) is 0 Å². The van der Waals surface area contributed by atoms with Crippen LogP contribution in [0.3, 0.4) is 0 Å². The molecule has 1 saturated heterocycles. The third kappa shape index (κ3) is 16.1. The van der Waals surface area contributed by atoms with Crippen LogP contribution in [0.4, 0.5) is 0 Å². The number of nitrogens with zero attached hydrogens (tertiary/aromatic N) is 1. The Labute approximate surface area is 207 Å². The predicted octanol–water partition coefficient (Wildman–Crippen LogP) is 8.47. The van der Waals surface area contributed by atoms with Gasteiger partial charge in [-0.05, 0) is 47.5 Å². The van der Waals surface area contributed by atoms with Crippen LogP contribution in [-0.4, -0.2) is 61.9 Å². The summed E-state index contributed by atoms with van der Waals surface area (Å²) >= 11 is 0. The molecule has 1 fully saturated rings. The molecule has 0 aromatic carbocycles. The Balaban J connectivity index is -0.000000439. The smallest absolute Gasteiger partial charge is 0.0887 e. The molecule has 0 amide bonds. The second-order valence-corrected chi connectivity index (χ2v) is 10.0. The highest BCUT2D eigenvalue weighted by atomic mass is 32.3. The van der Waals surface area contributed by atoms with E-state index in [0.29, 0.717) is 33.0 Å². The van der Waals surface area contributed by atoms with Crippen LogP contribution < -0.4 is 0 Å². The Morgan fingerprint density at radius 3 is 1.41 bits per heavy atom. The van der Waals surface area contributed by atoms with Crippen molar-refractivity contribution in [3.8, 4) is 0 Å². The fraction of sp³-hybridized carbons (Fsp3) is 1.00. The molecule has 0 N–H and O–H groups in total. The van der Waals surface area contributed by atoms with Crippen molar-refractivity contribution in [2.24, 2.45) is 0 Å². The number of rotatable bonds is 14. The normalized spacial score (nSPS) is 16.0. The van der Waals surface area contributed by atoms with E-state index in [9.17, 15) is 0 Å². The first kappa shape index (κ1) is 39.7. The topological polar surface area (TPSA) is 49.4 Å². The van der Waals surface area contributed by atoms with Crippen molar-refractivity contribution in [2.75, 3.05) is 57.6 Å². The SMILES string of the molecule is CC.CC.CC.CC.CCOS(CCCN1CCCS1(OCC)OCC)(OCC)OCC. The highest BCUT2D eigenvalue weighted by Crippen LogP contribution is 2.58. The lowest BCUT2D eigenvalue weighted by Gasteiger charge is -2.46. The number of hydrogen-bond acceptors (Lipinski definition) is 6. The molecule has 1 aliphatic heterocycles. The molecule has 0 unspecified atom stereocenters. The van der Waals surface area contributed by atoms with E-state index >= 15 is 0 Å². The number of hydrogen-bond donors (Lipinski definition) is 0. The summed E-state index contributed by atoms with van der Waals surface area (Å²) < 4.78 is 32.2. The molecule has 8 heteroatoms. The summed E-state index contributed by atoms with van der Waals surface area (Å²) in [4.78, 5) is 0. The lowest BCUT2D eigenvalue weighted by atomic mass is 10.4. The minimum atomic E-state index is -1.90. The molecule has 32 heavy (non-hydrogen) atoms. The lowest BCUT2D eigenvalue weighted by molar-refractivity contribution is 0.184. The van der Waals surface area contributed by atoms with E-state index < -0.39 is 21.6 Å². The van der Waals surface area contributed by atoms with E-state index in [0.717, 1.165) is 37.4 Å². The van der Waals surface area contributed by atoms with Gasteiger partial charge in [-0.3, -0.25) is 20.9 Å². The van der Waals surface area contributed by atoms with Gasteiger partial charge >= 0.3 is 0 Å². The van der Waals surface area contributed by atoms with E-state index in [-0.39, 0.29) is 0 Å². The van der Waals surface area contributed by atoms with Crippen LogP contribution in [-0.2, 0) is 20.9 Å². The van der Waals surface area contributed by atoms with Gasteiger partial charge in [0.15, 0.2) is 0 Å². The van der Waals surface area contributed by atoms with E-state index in [1.807, 2.05) is 90.0 Å². The van der Waals surface area contributed by atoms with Crippen molar-refractivity contribution >= 4 is 21.6 Å². The molecular weight excluding hydrogens is 446 g/mol. The van der Waals surface area contributed by atoms with Crippen molar-refractivity contribution in [2.45, 2.75) is 103 Å². The van der Waals surface area contributed by atoms with Gasteiger partial charge in [0.1, 0.15) is 0 Å².